The maximum absolute atomic E-state index is 13.3. The second-order valence-electron chi connectivity index (χ2n) is 14.5. The molecule has 0 radical (unpaired) electrons. The Balaban J connectivity index is 3.26. The first kappa shape index (κ1) is 41.0. The lowest BCUT2D eigenvalue weighted by atomic mass is 9.80. The molecule has 0 saturated heterocycles. The van der Waals surface area contributed by atoms with Crippen LogP contribution in [0.4, 0.5) is 4.79 Å². The van der Waals surface area contributed by atoms with Crippen LogP contribution in [0.1, 0.15) is 87.1 Å². The summed E-state index contributed by atoms with van der Waals surface area (Å²) in [5.41, 5.74) is 4.87. The van der Waals surface area contributed by atoms with Crippen LogP contribution in [-0.2, 0) is 25.5 Å². The number of carbonyl (C=O) groups excluding carboxylic acids is 3. The van der Waals surface area contributed by atoms with Crippen LogP contribution in [0.3, 0.4) is 0 Å². The molecule has 46 heavy (non-hydrogen) atoms. The standard InChI is InChI=1S/C35H61N3O8/c1-22(2)25(17-24-13-14-29(44-11)30(18-24)45-16-12-15-43-10)19-27(38-33(42)46-34(5,6)7)28(39)20-26(23(3)4)31(40)37-21-35(8,9)32(36)41/h13-14,18,22-23,25-28,39H,12,15-17,19-21H2,1-11H3,(H2,36,41)(H,37,40)(H,38,42)/t25-,26+,27-,28-/m0/s1. The molecule has 3 amide bonds. The van der Waals surface area contributed by atoms with Gasteiger partial charge in [-0.15, -0.1) is 0 Å². The predicted octanol–water partition coefficient (Wildman–Crippen LogP) is 4.86. The van der Waals surface area contributed by atoms with Crippen molar-refractivity contribution in [1.82, 2.24) is 10.6 Å². The minimum atomic E-state index is -1.05. The summed E-state index contributed by atoms with van der Waals surface area (Å²) >= 11 is 0. The summed E-state index contributed by atoms with van der Waals surface area (Å²) in [6.07, 6.45) is 0.261. The van der Waals surface area contributed by atoms with E-state index in [1.54, 1.807) is 48.8 Å². The van der Waals surface area contributed by atoms with Crippen molar-refractivity contribution in [3.8, 4) is 11.5 Å². The van der Waals surface area contributed by atoms with E-state index in [9.17, 15) is 19.5 Å². The van der Waals surface area contributed by atoms with Gasteiger partial charge in [0.2, 0.25) is 11.8 Å². The SMILES string of the molecule is COCCCOc1cc(C[C@@H](C[C@H](NC(=O)OC(C)(C)C)[C@@H](O)C[C@@H](C(=O)NCC(C)(C)C(N)=O)C(C)C)C(C)C)ccc1OC. The van der Waals surface area contributed by atoms with Crippen molar-refractivity contribution in [3.63, 3.8) is 0 Å². The molecule has 0 spiro atoms. The summed E-state index contributed by atoms with van der Waals surface area (Å²) < 4.78 is 22.2. The van der Waals surface area contributed by atoms with Crippen molar-refractivity contribution in [2.75, 3.05) is 34.0 Å². The molecule has 5 N–H and O–H groups in total. The van der Waals surface area contributed by atoms with E-state index in [0.717, 1.165) is 12.0 Å². The maximum Gasteiger partial charge on any atom is 0.407 e. The Bertz CT molecular complexity index is 1100. The Kier molecular flexibility index (Phi) is 16.9. The number of hydrogen-bond acceptors (Lipinski definition) is 8. The van der Waals surface area contributed by atoms with Crippen molar-refractivity contribution in [2.45, 2.75) is 106 Å². The topological polar surface area (TPSA) is 158 Å². The summed E-state index contributed by atoms with van der Waals surface area (Å²) in [6.45, 7) is 17.9. The number of ether oxygens (including phenoxy) is 4. The van der Waals surface area contributed by atoms with Crippen molar-refractivity contribution in [1.29, 1.82) is 0 Å². The Hall–Kier alpha value is -3.05. The van der Waals surface area contributed by atoms with Crippen LogP contribution in [0.5, 0.6) is 11.5 Å². The quantitative estimate of drug-likeness (QED) is 0.146. The van der Waals surface area contributed by atoms with Crippen molar-refractivity contribution < 1.29 is 38.4 Å². The zero-order chi connectivity index (χ0) is 35.2. The molecule has 4 atom stereocenters. The number of rotatable bonds is 20. The number of hydrogen-bond donors (Lipinski definition) is 4. The smallest absolute Gasteiger partial charge is 0.407 e. The van der Waals surface area contributed by atoms with Gasteiger partial charge in [0.25, 0.3) is 0 Å². The second kappa shape index (κ2) is 18.9. The van der Waals surface area contributed by atoms with Crippen molar-refractivity contribution in [2.24, 2.45) is 34.8 Å². The van der Waals surface area contributed by atoms with Gasteiger partial charge in [0.15, 0.2) is 11.5 Å². The van der Waals surface area contributed by atoms with Gasteiger partial charge < -0.3 is 40.4 Å². The maximum atomic E-state index is 13.3. The first-order chi connectivity index (χ1) is 21.3. The molecular weight excluding hydrogens is 590 g/mol. The van der Waals surface area contributed by atoms with E-state index in [4.69, 9.17) is 24.7 Å². The number of amides is 3. The molecular formula is C35H61N3O8. The molecule has 0 aliphatic carbocycles. The van der Waals surface area contributed by atoms with Gasteiger partial charge in [0.05, 0.1) is 31.3 Å². The fraction of sp³-hybridized carbons (Fsp3) is 0.743. The molecule has 0 aliphatic heterocycles. The number of nitrogens with two attached hydrogens (primary N) is 1. The number of aliphatic hydroxyl groups excluding tert-OH is 1. The average Bonchev–Trinajstić information content (AvgIpc) is 2.94. The van der Waals surface area contributed by atoms with Crippen LogP contribution in [0, 0.1) is 29.1 Å². The lowest BCUT2D eigenvalue weighted by Crippen LogP contribution is -2.49. The highest BCUT2D eigenvalue weighted by atomic mass is 16.6. The van der Waals surface area contributed by atoms with Crippen LogP contribution in [-0.4, -0.2) is 74.7 Å². The molecule has 0 fully saturated rings. The Morgan fingerprint density at radius 3 is 2.11 bits per heavy atom. The van der Waals surface area contributed by atoms with Gasteiger partial charge in [0.1, 0.15) is 5.60 Å². The molecule has 0 unspecified atom stereocenters. The largest absolute Gasteiger partial charge is 0.493 e. The normalized spacial score (nSPS) is 14.7. The Morgan fingerprint density at radius 1 is 0.935 bits per heavy atom. The number of alkyl carbamates (subject to hydrolysis) is 1. The Morgan fingerprint density at radius 2 is 1.59 bits per heavy atom. The second-order valence-corrected chi connectivity index (χ2v) is 14.5. The molecule has 0 saturated carbocycles. The number of benzene rings is 1. The van der Waals surface area contributed by atoms with E-state index in [1.807, 2.05) is 32.0 Å². The van der Waals surface area contributed by atoms with Gasteiger partial charge in [0, 0.05) is 32.6 Å². The zero-order valence-corrected chi connectivity index (χ0v) is 30.0. The number of carbonyl (C=O) groups is 3. The molecule has 11 nitrogen and oxygen atoms in total. The van der Waals surface area contributed by atoms with Gasteiger partial charge >= 0.3 is 6.09 Å². The van der Waals surface area contributed by atoms with E-state index in [1.165, 1.54) is 0 Å². The molecule has 0 bridgehead atoms. The number of aliphatic hydroxyl groups is 1. The van der Waals surface area contributed by atoms with Crippen molar-refractivity contribution in [3.05, 3.63) is 23.8 Å². The highest BCUT2D eigenvalue weighted by molar-refractivity contribution is 5.83. The fourth-order valence-corrected chi connectivity index (χ4v) is 4.97. The average molecular weight is 652 g/mol. The molecule has 0 aliphatic rings. The third-order valence-corrected chi connectivity index (χ3v) is 8.15. The summed E-state index contributed by atoms with van der Waals surface area (Å²) in [5, 5.41) is 17.4. The highest BCUT2D eigenvalue weighted by Crippen LogP contribution is 2.32. The number of methoxy groups -OCH3 is 2. The van der Waals surface area contributed by atoms with E-state index < -0.39 is 41.1 Å². The van der Waals surface area contributed by atoms with Gasteiger partial charge in [-0.2, -0.15) is 0 Å². The van der Waals surface area contributed by atoms with Gasteiger partial charge in [-0.3, -0.25) is 9.59 Å². The first-order valence-corrected chi connectivity index (χ1v) is 16.3. The van der Waals surface area contributed by atoms with Crippen LogP contribution < -0.4 is 25.8 Å². The van der Waals surface area contributed by atoms with Crippen LogP contribution >= 0.6 is 0 Å². The minimum absolute atomic E-state index is 0.0482. The third-order valence-electron chi connectivity index (χ3n) is 8.15. The van der Waals surface area contributed by atoms with Crippen LogP contribution in [0.2, 0.25) is 0 Å². The summed E-state index contributed by atoms with van der Waals surface area (Å²) in [7, 11) is 3.26. The lowest BCUT2D eigenvalue weighted by Gasteiger charge is -2.33. The van der Waals surface area contributed by atoms with Gasteiger partial charge in [-0.05, 0) is 89.3 Å². The van der Waals surface area contributed by atoms with Crippen LogP contribution in [0.25, 0.3) is 0 Å². The van der Waals surface area contributed by atoms with Crippen LogP contribution in [0.15, 0.2) is 18.2 Å². The summed E-state index contributed by atoms with van der Waals surface area (Å²) in [4.78, 5) is 38.0. The summed E-state index contributed by atoms with van der Waals surface area (Å²) in [6, 6.07) is 5.16. The molecule has 1 rings (SSSR count). The van der Waals surface area contributed by atoms with E-state index in [-0.39, 0.29) is 36.6 Å². The highest BCUT2D eigenvalue weighted by Gasteiger charge is 2.34. The monoisotopic (exact) mass is 651 g/mol. The third kappa shape index (κ3) is 14.6. The number of nitrogens with one attached hydrogen (secondary N) is 2. The minimum Gasteiger partial charge on any atom is -0.493 e. The number of primary amides is 1. The molecule has 264 valence electrons. The molecule has 1 aromatic carbocycles. The molecule has 0 heterocycles. The lowest BCUT2D eigenvalue weighted by molar-refractivity contribution is -0.130. The predicted molar refractivity (Wildman–Crippen MR) is 180 cm³/mol. The molecule has 11 heteroatoms. The van der Waals surface area contributed by atoms with Gasteiger partial charge in [-0.25, -0.2) is 4.79 Å². The van der Waals surface area contributed by atoms with E-state index in [0.29, 0.717) is 37.6 Å². The van der Waals surface area contributed by atoms with Gasteiger partial charge in [-0.1, -0.05) is 33.8 Å². The van der Waals surface area contributed by atoms with Crippen molar-refractivity contribution >= 4 is 17.9 Å². The van der Waals surface area contributed by atoms with E-state index in [2.05, 4.69) is 24.5 Å². The fourth-order valence-electron chi connectivity index (χ4n) is 4.97. The molecule has 1 aromatic rings. The summed E-state index contributed by atoms with van der Waals surface area (Å²) in [5.74, 6) is 0.0461. The van der Waals surface area contributed by atoms with E-state index >= 15 is 0 Å². The Labute approximate surface area is 276 Å². The zero-order valence-electron chi connectivity index (χ0n) is 30.0. The first-order valence-electron chi connectivity index (χ1n) is 16.3. The molecule has 0 aromatic heterocycles.